The van der Waals surface area contributed by atoms with Crippen LogP contribution < -0.4 is 5.48 Å². The number of benzene rings is 1. The van der Waals surface area contributed by atoms with Crippen LogP contribution in [0.5, 0.6) is 0 Å². The van der Waals surface area contributed by atoms with Crippen molar-refractivity contribution in [3.63, 3.8) is 0 Å². The van der Waals surface area contributed by atoms with Gasteiger partial charge in [0.15, 0.2) is 11.6 Å². The van der Waals surface area contributed by atoms with E-state index in [1.54, 1.807) is 0 Å². The van der Waals surface area contributed by atoms with E-state index < -0.39 is 23.5 Å². The maximum atomic E-state index is 13.0. The minimum atomic E-state index is -0.932. The van der Waals surface area contributed by atoms with Crippen LogP contribution in [-0.2, 0) is 14.4 Å². The number of nitrogens with one attached hydrogen (secondary N) is 1. The Morgan fingerprint density at radius 2 is 2.06 bits per heavy atom. The Hall–Kier alpha value is -1.98. The standard InChI is InChI=1S/C12H11F2NO3/c1-6(16)18-15-12(17)9-5-8(9)7-2-3-10(13)11(14)4-7/h2-4,8-9H,5H2,1H3,(H,15,17). The molecule has 0 aromatic heterocycles. The molecule has 1 aliphatic carbocycles. The van der Waals surface area contributed by atoms with Crippen molar-refractivity contribution in [2.24, 2.45) is 5.92 Å². The highest BCUT2D eigenvalue weighted by Crippen LogP contribution is 2.47. The Balaban J connectivity index is 1.96. The van der Waals surface area contributed by atoms with Gasteiger partial charge in [0.25, 0.3) is 5.91 Å². The van der Waals surface area contributed by atoms with Crippen LogP contribution in [0.15, 0.2) is 18.2 Å². The molecule has 0 aliphatic heterocycles. The molecule has 1 aliphatic rings. The molecule has 0 spiro atoms. The van der Waals surface area contributed by atoms with Crippen molar-refractivity contribution < 1.29 is 23.2 Å². The van der Waals surface area contributed by atoms with Crippen LogP contribution in [0, 0.1) is 17.6 Å². The lowest BCUT2D eigenvalue weighted by Gasteiger charge is -2.03. The summed E-state index contributed by atoms with van der Waals surface area (Å²) in [4.78, 5) is 26.3. The Morgan fingerprint density at radius 3 is 2.67 bits per heavy atom. The zero-order valence-corrected chi connectivity index (χ0v) is 9.57. The SMILES string of the molecule is CC(=O)ONC(=O)C1CC1c1ccc(F)c(F)c1. The van der Waals surface area contributed by atoms with Gasteiger partial charge in [0.1, 0.15) is 0 Å². The first-order chi connectivity index (χ1) is 8.49. The van der Waals surface area contributed by atoms with E-state index in [9.17, 15) is 18.4 Å². The van der Waals surface area contributed by atoms with Crippen molar-refractivity contribution in [1.82, 2.24) is 5.48 Å². The van der Waals surface area contributed by atoms with Gasteiger partial charge in [0, 0.05) is 12.8 Å². The average molecular weight is 255 g/mol. The zero-order valence-electron chi connectivity index (χ0n) is 9.57. The Morgan fingerprint density at radius 1 is 1.33 bits per heavy atom. The molecular formula is C12H11F2NO3. The van der Waals surface area contributed by atoms with Gasteiger partial charge in [0.05, 0.1) is 0 Å². The molecule has 0 saturated heterocycles. The highest BCUT2D eigenvalue weighted by atomic mass is 19.2. The molecule has 6 heteroatoms. The minimum absolute atomic E-state index is 0.157. The quantitative estimate of drug-likeness (QED) is 0.818. The molecule has 2 atom stereocenters. The van der Waals surface area contributed by atoms with E-state index in [4.69, 9.17) is 0 Å². The van der Waals surface area contributed by atoms with Gasteiger partial charge in [-0.3, -0.25) is 9.59 Å². The number of carbonyl (C=O) groups is 2. The number of hydroxylamine groups is 1. The highest BCUT2D eigenvalue weighted by Gasteiger charge is 2.44. The summed E-state index contributed by atoms with van der Waals surface area (Å²) < 4.78 is 25.7. The highest BCUT2D eigenvalue weighted by molar-refractivity contribution is 5.83. The second-order valence-corrected chi connectivity index (χ2v) is 4.18. The van der Waals surface area contributed by atoms with Crippen LogP contribution in [0.2, 0.25) is 0 Å². The summed E-state index contributed by atoms with van der Waals surface area (Å²) in [6.45, 7) is 1.17. The number of carbonyl (C=O) groups excluding carboxylic acids is 2. The third kappa shape index (κ3) is 2.64. The average Bonchev–Trinajstić information content (AvgIpc) is 3.09. The third-order valence-corrected chi connectivity index (χ3v) is 2.79. The first-order valence-electron chi connectivity index (χ1n) is 5.41. The Bertz CT molecular complexity index is 504. The van der Waals surface area contributed by atoms with E-state index in [0.29, 0.717) is 12.0 Å². The summed E-state index contributed by atoms with van der Waals surface area (Å²) in [6, 6.07) is 3.56. The minimum Gasteiger partial charge on any atom is -0.341 e. The molecule has 4 nitrogen and oxygen atoms in total. The molecule has 1 amide bonds. The summed E-state index contributed by atoms with van der Waals surface area (Å²) >= 11 is 0. The molecule has 1 saturated carbocycles. The van der Waals surface area contributed by atoms with E-state index in [2.05, 4.69) is 4.84 Å². The monoisotopic (exact) mass is 255 g/mol. The van der Waals surface area contributed by atoms with Gasteiger partial charge in [-0.05, 0) is 30.0 Å². The number of hydrogen-bond acceptors (Lipinski definition) is 3. The van der Waals surface area contributed by atoms with Gasteiger partial charge < -0.3 is 4.84 Å². The van der Waals surface area contributed by atoms with E-state index in [1.165, 1.54) is 13.0 Å². The lowest BCUT2D eigenvalue weighted by Crippen LogP contribution is -2.27. The fourth-order valence-electron chi connectivity index (χ4n) is 1.79. The van der Waals surface area contributed by atoms with Crippen molar-refractivity contribution in [2.45, 2.75) is 19.3 Å². The maximum absolute atomic E-state index is 13.0. The molecule has 1 aromatic carbocycles. The maximum Gasteiger partial charge on any atom is 0.329 e. The summed E-state index contributed by atoms with van der Waals surface area (Å²) in [5.74, 6) is -3.42. The molecule has 96 valence electrons. The first kappa shape index (κ1) is 12.5. The second-order valence-electron chi connectivity index (χ2n) is 4.18. The lowest BCUT2D eigenvalue weighted by molar-refractivity contribution is -0.156. The summed E-state index contributed by atoms with van der Waals surface area (Å²) in [6.07, 6.45) is 0.526. The predicted octanol–water partition coefficient (Wildman–Crippen LogP) is 1.66. The fourth-order valence-corrected chi connectivity index (χ4v) is 1.79. The van der Waals surface area contributed by atoms with Crippen LogP contribution in [0.4, 0.5) is 8.78 Å². The largest absolute Gasteiger partial charge is 0.341 e. The number of rotatable bonds is 2. The molecule has 1 fully saturated rings. The van der Waals surface area contributed by atoms with Crippen LogP contribution in [0.3, 0.4) is 0 Å². The van der Waals surface area contributed by atoms with Crippen LogP contribution >= 0.6 is 0 Å². The molecule has 1 N–H and O–H groups in total. The summed E-state index contributed by atoms with van der Waals surface area (Å²) in [5.41, 5.74) is 2.58. The summed E-state index contributed by atoms with van der Waals surface area (Å²) in [5, 5.41) is 0. The van der Waals surface area contributed by atoms with Gasteiger partial charge in [0.2, 0.25) is 0 Å². The summed E-state index contributed by atoms with van der Waals surface area (Å²) in [7, 11) is 0. The van der Waals surface area contributed by atoms with Crippen molar-refractivity contribution in [3.8, 4) is 0 Å². The molecule has 1 aromatic rings. The number of amides is 1. The van der Waals surface area contributed by atoms with Gasteiger partial charge >= 0.3 is 5.97 Å². The molecule has 2 rings (SSSR count). The topological polar surface area (TPSA) is 55.4 Å². The molecular weight excluding hydrogens is 244 g/mol. The molecule has 18 heavy (non-hydrogen) atoms. The van der Waals surface area contributed by atoms with Crippen molar-refractivity contribution >= 4 is 11.9 Å². The van der Waals surface area contributed by atoms with Crippen molar-refractivity contribution in [1.29, 1.82) is 0 Å². The predicted molar refractivity (Wildman–Crippen MR) is 57.1 cm³/mol. The molecule has 2 unspecified atom stereocenters. The van der Waals surface area contributed by atoms with Gasteiger partial charge in [-0.1, -0.05) is 6.07 Å². The normalized spacial score (nSPS) is 21.3. The molecule has 0 bridgehead atoms. The number of halogens is 2. The number of hydrogen-bond donors (Lipinski definition) is 1. The van der Waals surface area contributed by atoms with Crippen molar-refractivity contribution in [3.05, 3.63) is 35.4 Å². The van der Waals surface area contributed by atoms with Gasteiger partial charge in [-0.2, -0.15) is 5.48 Å². The smallest absolute Gasteiger partial charge is 0.329 e. The lowest BCUT2D eigenvalue weighted by atomic mass is 10.1. The van der Waals surface area contributed by atoms with Gasteiger partial charge in [-0.25, -0.2) is 8.78 Å². The van der Waals surface area contributed by atoms with E-state index >= 15 is 0 Å². The first-order valence-corrected chi connectivity index (χ1v) is 5.41. The van der Waals surface area contributed by atoms with Gasteiger partial charge in [-0.15, -0.1) is 0 Å². The Kier molecular flexibility index (Phi) is 3.27. The Labute approximate surface area is 102 Å². The van der Waals surface area contributed by atoms with E-state index in [1.807, 2.05) is 5.48 Å². The van der Waals surface area contributed by atoms with Crippen LogP contribution in [0.25, 0.3) is 0 Å². The fraction of sp³-hybridized carbons (Fsp3) is 0.333. The second kappa shape index (κ2) is 4.72. The molecule has 0 heterocycles. The van der Waals surface area contributed by atoms with E-state index in [0.717, 1.165) is 12.1 Å². The van der Waals surface area contributed by atoms with Crippen LogP contribution in [-0.4, -0.2) is 11.9 Å². The van der Waals surface area contributed by atoms with Crippen LogP contribution in [0.1, 0.15) is 24.8 Å². The molecule has 0 radical (unpaired) electrons. The zero-order chi connectivity index (χ0) is 13.3. The third-order valence-electron chi connectivity index (χ3n) is 2.79. The van der Waals surface area contributed by atoms with Crippen molar-refractivity contribution in [2.75, 3.05) is 0 Å². The van der Waals surface area contributed by atoms with E-state index in [-0.39, 0.29) is 11.8 Å².